The Morgan fingerprint density at radius 3 is 2.73 bits per heavy atom. The van der Waals surface area contributed by atoms with Gasteiger partial charge in [0.1, 0.15) is 17.5 Å². The smallest absolute Gasteiger partial charge is 0.410 e. The Kier molecular flexibility index (Phi) is 8.05. The summed E-state index contributed by atoms with van der Waals surface area (Å²) in [7, 11) is 0. The molecule has 26 heavy (non-hydrogen) atoms. The van der Waals surface area contributed by atoms with Crippen LogP contribution < -0.4 is 0 Å². The van der Waals surface area contributed by atoms with Crippen LogP contribution in [-0.4, -0.2) is 53.8 Å². The fourth-order valence-corrected chi connectivity index (χ4v) is 2.82. The van der Waals surface area contributed by atoms with Crippen LogP contribution in [0.15, 0.2) is 24.0 Å². The van der Waals surface area contributed by atoms with Gasteiger partial charge in [0, 0.05) is 24.8 Å². The molecule has 0 saturated carbocycles. The maximum atomic E-state index is 12.1. The molecule has 0 spiro atoms. The van der Waals surface area contributed by atoms with Crippen molar-refractivity contribution in [3.8, 4) is 11.8 Å². The molecule has 1 aliphatic heterocycles. The zero-order valence-corrected chi connectivity index (χ0v) is 17.4. The maximum Gasteiger partial charge on any atom is 0.410 e. The van der Waals surface area contributed by atoms with Crippen molar-refractivity contribution >= 4 is 22.0 Å². The number of ether oxygens (including phenoxy) is 3. The molecule has 0 aromatic rings. The third kappa shape index (κ3) is 7.43. The molecule has 1 atom stereocenters. The van der Waals surface area contributed by atoms with E-state index >= 15 is 0 Å². The number of carbonyl (C=O) groups is 1. The minimum absolute atomic E-state index is 0.0907. The van der Waals surface area contributed by atoms with E-state index in [2.05, 4.69) is 27.8 Å². The Hall–Kier alpha value is -1.45. The highest BCUT2D eigenvalue weighted by Crippen LogP contribution is 2.19. The van der Waals surface area contributed by atoms with Crippen LogP contribution in [-0.2, 0) is 14.2 Å². The van der Waals surface area contributed by atoms with Gasteiger partial charge in [0.05, 0.1) is 12.7 Å². The molecular weight excluding hydrogens is 398 g/mol. The number of piperidine rings is 1. The molecule has 144 valence electrons. The molecule has 1 saturated heterocycles. The van der Waals surface area contributed by atoms with Crippen molar-refractivity contribution in [3.05, 3.63) is 24.0 Å². The minimum Gasteiger partial charge on any atom is -0.493 e. The van der Waals surface area contributed by atoms with Gasteiger partial charge in [-0.3, -0.25) is 0 Å². The van der Waals surface area contributed by atoms with Crippen LogP contribution in [0.4, 0.5) is 4.79 Å². The number of rotatable bonds is 5. The van der Waals surface area contributed by atoms with E-state index in [0.717, 1.165) is 23.9 Å². The van der Waals surface area contributed by atoms with Gasteiger partial charge in [-0.25, -0.2) is 4.79 Å². The van der Waals surface area contributed by atoms with Crippen molar-refractivity contribution in [2.75, 3.05) is 25.0 Å². The summed E-state index contributed by atoms with van der Waals surface area (Å²) in [6.07, 6.45) is 7.66. The van der Waals surface area contributed by atoms with Crippen LogP contribution in [0.1, 0.15) is 40.0 Å². The number of hydrogen-bond acceptors (Lipinski definition) is 4. The number of likely N-dealkylation sites (tertiary alicyclic amines) is 1. The standard InChI is InChI=1S/C20H28BrNO4/c1-20(2,3)26-19(23)22-13-10-18(11-14-22)25-17-7-5-4-6-16(8-9-17)24-15-12-21/h6,8-9,17-18H,4,10-15H2,1-3H3/b9-8?,16-6+. The Balaban J connectivity index is 1.81. The lowest BCUT2D eigenvalue weighted by Crippen LogP contribution is -2.44. The molecule has 2 rings (SSSR count). The molecule has 1 fully saturated rings. The van der Waals surface area contributed by atoms with Crippen molar-refractivity contribution < 1.29 is 19.0 Å². The summed E-state index contributed by atoms with van der Waals surface area (Å²) in [5, 5.41) is 0.792. The number of nitrogens with zero attached hydrogens (tertiary/aromatic N) is 1. The summed E-state index contributed by atoms with van der Waals surface area (Å²) in [6, 6.07) is 0. The number of halogens is 1. The molecule has 0 aromatic carbocycles. The molecule has 1 heterocycles. The van der Waals surface area contributed by atoms with E-state index in [1.54, 1.807) is 4.90 Å². The first kappa shape index (κ1) is 20.9. The second-order valence-electron chi connectivity index (χ2n) is 7.25. The molecule has 0 aromatic heterocycles. The molecule has 1 aliphatic carbocycles. The van der Waals surface area contributed by atoms with Crippen molar-refractivity contribution in [2.45, 2.75) is 57.8 Å². The van der Waals surface area contributed by atoms with Gasteiger partial charge in [-0.05, 0) is 51.8 Å². The highest BCUT2D eigenvalue weighted by atomic mass is 79.9. The van der Waals surface area contributed by atoms with Crippen LogP contribution in [0.2, 0.25) is 0 Å². The van der Waals surface area contributed by atoms with E-state index in [4.69, 9.17) is 14.2 Å². The van der Waals surface area contributed by atoms with Gasteiger partial charge < -0.3 is 19.1 Å². The van der Waals surface area contributed by atoms with Crippen LogP contribution in [0.3, 0.4) is 0 Å². The van der Waals surface area contributed by atoms with Gasteiger partial charge in [-0.1, -0.05) is 27.8 Å². The van der Waals surface area contributed by atoms with Gasteiger partial charge in [0.15, 0.2) is 0 Å². The lowest BCUT2D eigenvalue weighted by Gasteiger charge is -2.34. The molecule has 0 N–H and O–H groups in total. The zero-order valence-electron chi connectivity index (χ0n) is 15.8. The molecule has 0 bridgehead atoms. The van der Waals surface area contributed by atoms with Gasteiger partial charge in [0.2, 0.25) is 0 Å². The summed E-state index contributed by atoms with van der Waals surface area (Å²) in [6.45, 7) is 7.55. The lowest BCUT2D eigenvalue weighted by molar-refractivity contribution is -0.0166. The van der Waals surface area contributed by atoms with Crippen LogP contribution in [0.25, 0.3) is 0 Å². The molecule has 5 nitrogen and oxygen atoms in total. The topological polar surface area (TPSA) is 48.0 Å². The quantitative estimate of drug-likeness (QED) is 0.492. The Morgan fingerprint density at radius 1 is 1.35 bits per heavy atom. The summed E-state index contributed by atoms with van der Waals surface area (Å²) >= 11 is 3.35. The monoisotopic (exact) mass is 425 g/mol. The summed E-state index contributed by atoms with van der Waals surface area (Å²) < 4.78 is 17.2. The van der Waals surface area contributed by atoms with Gasteiger partial charge in [-0.15, -0.1) is 0 Å². The van der Waals surface area contributed by atoms with Crippen molar-refractivity contribution in [1.82, 2.24) is 4.90 Å². The first-order chi connectivity index (χ1) is 12.4. The number of alkyl halides is 1. The van der Waals surface area contributed by atoms with Crippen LogP contribution in [0.5, 0.6) is 0 Å². The van der Waals surface area contributed by atoms with E-state index in [1.807, 2.05) is 39.0 Å². The number of carbonyl (C=O) groups excluding carboxylic acids is 1. The summed E-state index contributed by atoms with van der Waals surface area (Å²) in [5.41, 5.74) is -0.466. The van der Waals surface area contributed by atoms with Crippen LogP contribution >= 0.6 is 15.9 Å². The fourth-order valence-electron chi connectivity index (χ4n) is 2.66. The first-order valence-electron chi connectivity index (χ1n) is 9.06. The van der Waals surface area contributed by atoms with Crippen molar-refractivity contribution in [3.63, 3.8) is 0 Å². The number of amides is 1. The highest BCUT2D eigenvalue weighted by molar-refractivity contribution is 9.09. The fraction of sp³-hybridized carbons (Fsp3) is 0.650. The third-order valence-electron chi connectivity index (χ3n) is 3.86. The average molecular weight is 426 g/mol. The first-order valence-corrected chi connectivity index (χ1v) is 10.2. The predicted molar refractivity (Wildman–Crippen MR) is 105 cm³/mol. The van der Waals surface area contributed by atoms with Gasteiger partial charge in [0.25, 0.3) is 0 Å². The van der Waals surface area contributed by atoms with Crippen LogP contribution in [0, 0.1) is 11.8 Å². The summed E-state index contributed by atoms with van der Waals surface area (Å²) in [4.78, 5) is 13.9. The normalized spacial score (nSPS) is 23.2. The van der Waals surface area contributed by atoms with Crippen molar-refractivity contribution in [2.24, 2.45) is 0 Å². The van der Waals surface area contributed by atoms with E-state index in [0.29, 0.717) is 26.1 Å². The molecule has 6 heteroatoms. The lowest BCUT2D eigenvalue weighted by atomic mass is 10.1. The Bertz CT molecular complexity index is 589. The van der Waals surface area contributed by atoms with E-state index in [9.17, 15) is 4.79 Å². The minimum atomic E-state index is -0.466. The Labute approximate surface area is 164 Å². The highest BCUT2D eigenvalue weighted by Gasteiger charge is 2.28. The molecule has 1 unspecified atom stereocenters. The maximum absolute atomic E-state index is 12.1. The third-order valence-corrected chi connectivity index (χ3v) is 4.19. The van der Waals surface area contributed by atoms with E-state index < -0.39 is 5.60 Å². The largest absolute Gasteiger partial charge is 0.493 e. The molecular formula is C20H28BrNO4. The van der Waals surface area contributed by atoms with E-state index in [-0.39, 0.29) is 18.3 Å². The summed E-state index contributed by atoms with van der Waals surface area (Å²) in [5.74, 6) is 7.07. The second-order valence-corrected chi connectivity index (χ2v) is 8.04. The second kappa shape index (κ2) is 10.0. The van der Waals surface area contributed by atoms with Gasteiger partial charge >= 0.3 is 6.09 Å². The molecule has 1 amide bonds. The van der Waals surface area contributed by atoms with Crippen molar-refractivity contribution in [1.29, 1.82) is 0 Å². The average Bonchev–Trinajstić information content (AvgIpc) is 2.56. The SMILES string of the molecule is CC(C)(C)OC(=O)N1CCC(OC2C#CC/C=C(/OCCBr)C=C2)CC1. The molecule has 2 aliphatic rings. The predicted octanol–water partition coefficient (Wildman–Crippen LogP) is 4.03. The number of allylic oxidation sites excluding steroid dienone is 2. The van der Waals surface area contributed by atoms with Gasteiger partial charge in [-0.2, -0.15) is 0 Å². The Morgan fingerprint density at radius 2 is 2.08 bits per heavy atom. The zero-order chi connectivity index (χ0) is 19.0. The van der Waals surface area contributed by atoms with E-state index in [1.165, 1.54) is 0 Å². The molecule has 0 radical (unpaired) electrons. The number of hydrogen-bond donors (Lipinski definition) is 0.